The molecule has 2 N–H and O–H groups in total. The molecule has 0 aliphatic carbocycles. The number of aryl methyl sites for hydroxylation is 1. The molecule has 0 atom stereocenters. The van der Waals surface area contributed by atoms with Gasteiger partial charge in [-0.2, -0.15) is 0 Å². The minimum Gasteiger partial charge on any atom is -0.349 e. The molecule has 18 heavy (non-hydrogen) atoms. The minimum atomic E-state index is 0. The topological polar surface area (TPSA) is 41.1 Å². The Labute approximate surface area is 122 Å². The second-order valence-electron chi connectivity index (χ2n) is 4.46. The standard InChI is InChI=1S/C13H17BrN2O.ClH/c1-9-2-3-10(8-12(9)14)13(17)16-11-4-6-15-7-5-11;/h2-3,8,11,15H,4-7H2,1H3,(H,16,17);1H. The first-order valence-corrected chi connectivity index (χ1v) is 6.74. The normalized spacial score (nSPS) is 15.9. The number of amides is 1. The van der Waals surface area contributed by atoms with Crippen LogP contribution in [0.25, 0.3) is 0 Å². The molecule has 1 fully saturated rings. The van der Waals surface area contributed by atoms with Gasteiger partial charge in [0.2, 0.25) is 0 Å². The van der Waals surface area contributed by atoms with Gasteiger partial charge >= 0.3 is 0 Å². The highest BCUT2D eigenvalue weighted by Crippen LogP contribution is 2.17. The second-order valence-corrected chi connectivity index (χ2v) is 5.32. The zero-order valence-corrected chi connectivity index (χ0v) is 12.7. The molecule has 5 heteroatoms. The number of nitrogens with one attached hydrogen (secondary N) is 2. The van der Waals surface area contributed by atoms with E-state index in [9.17, 15) is 4.79 Å². The molecule has 1 aliphatic heterocycles. The average molecular weight is 334 g/mol. The molecule has 0 spiro atoms. The first kappa shape index (κ1) is 15.5. The van der Waals surface area contributed by atoms with Crippen LogP contribution in [0, 0.1) is 6.92 Å². The third-order valence-corrected chi connectivity index (χ3v) is 3.96. The Kier molecular flexibility index (Phi) is 6.12. The Bertz CT molecular complexity index is 419. The molecule has 100 valence electrons. The van der Waals surface area contributed by atoms with Crippen molar-refractivity contribution in [3.63, 3.8) is 0 Å². The van der Waals surface area contributed by atoms with Gasteiger partial charge in [0.05, 0.1) is 0 Å². The largest absolute Gasteiger partial charge is 0.349 e. The van der Waals surface area contributed by atoms with Crippen LogP contribution < -0.4 is 10.6 Å². The third kappa shape index (κ3) is 3.97. The fourth-order valence-corrected chi connectivity index (χ4v) is 2.35. The van der Waals surface area contributed by atoms with Crippen molar-refractivity contribution in [2.45, 2.75) is 25.8 Å². The maximum Gasteiger partial charge on any atom is 0.251 e. The lowest BCUT2D eigenvalue weighted by Crippen LogP contribution is -2.42. The fraction of sp³-hybridized carbons (Fsp3) is 0.462. The van der Waals surface area contributed by atoms with Crippen LogP contribution in [-0.2, 0) is 0 Å². The Morgan fingerprint density at radius 3 is 2.67 bits per heavy atom. The van der Waals surface area contributed by atoms with E-state index in [1.54, 1.807) is 0 Å². The van der Waals surface area contributed by atoms with E-state index in [0.717, 1.165) is 41.5 Å². The first-order chi connectivity index (χ1) is 8.16. The Morgan fingerprint density at radius 1 is 1.39 bits per heavy atom. The van der Waals surface area contributed by atoms with Crippen molar-refractivity contribution < 1.29 is 4.79 Å². The van der Waals surface area contributed by atoms with E-state index in [1.807, 2.05) is 25.1 Å². The SMILES string of the molecule is Cc1ccc(C(=O)NC2CCNCC2)cc1Br.Cl. The average Bonchev–Trinajstić information content (AvgIpc) is 2.34. The van der Waals surface area contributed by atoms with Gasteiger partial charge in [0.1, 0.15) is 0 Å². The zero-order chi connectivity index (χ0) is 12.3. The number of carbonyl (C=O) groups is 1. The summed E-state index contributed by atoms with van der Waals surface area (Å²) in [5.74, 6) is 0.0256. The van der Waals surface area contributed by atoms with Crippen molar-refractivity contribution in [2.75, 3.05) is 13.1 Å². The highest BCUT2D eigenvalue weighted by atomic mass is 79.9. The second kappa shape index (κ2) is 7.12. The highest BCUT2D eigenvalue weighted by molar-refractivity contribution is 9.10. The monoisotopic (exact) mass is 332 g/mol. The molecule has 0 aromatic heterocycles. The van der Waals surface area contributed by atoms with Crippen LogP contribution in [-0.4, -0.2) is 25.0 Å². The minimum absolute atomic E-state index is 0. The summed E-state index contributed by atoms with van der Waals surface area (Å²) in [5, 5.41) is 6.37. The first-order valence-electron chi connectivity index (χ1n) is 5.94. The lowest BCUT2D eigenvalue weighted by molar-refractivity contribution is 0.0929. The summed E-state index contributed by atoms with van der Waals surface area (Å²) in [5.41, 5.74) is 1.87. The Balaban J connectivity index is 0.00000162. The van der Waals surface area contributed by atoms with Gasteiger partial charge < -0.3 is 10.6 Å². The molecule has 0 saturated carbocycles. The smallest absolute Gasteiger partial charge is 0.251 e. The number of hydrogen-bond acceptors (Lipinski definition) is 2. The van der Waals surface area contributed by atoms with Crippen molar-refractivity contribution in [2.24, 2.45) is 0 Å². The van der Waals surface area contributed by atoms with E-state index < -0.39 is 0 Å². The lowest BCUT2D eigenvalue weighted by Gasteiger charge is -2.23. The van der Waals surface area contributed by atoms with E-state index >= 15 is 0 Å². The van der Waals surface area contributed by atoms with Crippen LogP contribution >= 0.6 is 28.3 Å². The summed E-state index contributed by atoms with van der Waals surface area (Å²) in [4.78, 5) is 12.0. The summed E-state index contributed by atoms with van der Waals surface area (Å²) >= 11 is 3.45. The number of piperidine rings is 1. The summed E-state index contributed by atoms with van der Waals surface area (Å²) in [6.07, 6.45) is 2.03. The van der Waals surface area contributed by atoms with Crippen LogP contribution in [0.2, 0.25) is 0 Å². The van der Waals surface area contributed by atoms with E-state index in [0.29, 0.717) is 6.04 Å². The van der Waals surface area contributed by atoms with Crippen LogP contribution in [0.4, 0.5) is 0 Å². The van der Waals surface area contributed by atoms with Crippen molar-refractivity contribution >= 4 is 34.2 Å². The molecule has 0 radical (unpaired) electrons. The van der Waals surface area contributed by atoms with Gasteiger partial charge in [0, 0.05) is 16.1 Å². The van der Waals surface area contributed by atoms with E-state index in [1.165, 1.54) is 0 Å². The van der Waals surface area contributed by atoms with Crippen LogP contribution in [0.5, 0.6) is 0 Å². The number of hydrogen-bond donors (Lipinski definition) is 2. The summed E-state index contributed by atoms with van der Waals surface area (Å²) in [6, 6.07) is 6.02. The maximum absolute atomic E-state index is 12.0. The van der Waals surface area contributed by atoms with Gasteiger partial charge in [0.15, 0.2) is 0 Å². The molecule has 1 aromatic rings. The number of carbonyl (C=O) groups excluding carboxylic acids is 1. The molecule has 0 unspecified atom stereocenters. The zero-order valence-electron chi connectivity index (χ0n) is 10.3. The predicted molar refractivity (Wildman–Crippen MR) is 79.5 cm³/mol. The van der Waals surface area contributed by atoms with Crippen LogP contribution in [0.1, 0.15) is 28.8 Å². The third-order valence-electron chi connectivity index (χ3n) is 3.11. The van der Waals surface area contributed by atoms with Gasteiger partial charge in [-0.1, -0.05) is 22.0 Å². The molecule has 1 aliphatic rings. The molecular weight excluding hydrogens is 316 g/mol. The Hall–Kier alpha value is -0.580. The summed E-state index contributed by atoms with van der Waals surface area (Å²) < 4.78 is 0.982. The van der Waals surface area contributed by atoms with Gasteiger partial charge in [0.25, 0.3) is 5.91 Å². The quantitative estimate of drug-likeness (QED) is 0.873. The molecular formula is C13H18BrClN2O. The number of halogens is 2. The van der Waals surface area contributed by atoms with E-state index in [-0.39, 0.29) is 18.3 Å². The molecule has 3 nitrogen and oxygen atoms in total. The molecule has 2 rings (SSSR count). The maximum atomic E-state index is 12.0. The predicted octanol–water partition coefficient (Wildman–Crippen LogP) is 2.66. The van der Waals surface area contributed by atoms with Crippen molar-refractivity contribution in [3.05, 3.63) is 33.8 Å². The van der Waals surface area contributed by atoms with E-state index in [2.05, 4.69) is 26.6 Å². The van der Waals surface area contributed by atoms with Gasteiger partial charge in [-0.15, -0.1) is 12.4 Å². The molecule has 1 heterocycles. The Morgan fingerprint density at radius 2 is 2.06 bits per heavy atom. The lowest BCUT2D eigenvalue weighted by atomic mass is 10.1. The number of rotatable bonds is 2. The number of benzene rings is 1. The molecule has 1 saturated heterocycles. The van der Waals surface area contributed by atoms with Crippen molar-refractivity contribution in [1.29, 1.82) is 0 Å². The van der Waals surface area contributed by atoms with Gasteiger partial charge in [-0.25, -0.2) is 0 Å². The van der Waals surface area contributed by atoms with Crippen molar-refractivity contribution in [1.82, 2.24) is 10.6 Å². The van der Waals surface area contributed by atoms with Crippen molar-refractivity contribution in [3.8, 4) is 0 Å². The van der Waals surface area contributed by atoms with Crippen LogP contribution in [0.15, 0.2) is 22.7 Å². The molecule has 1 aromatic carbocycles. The fourth-order valence-electron chi connectivity index (χ4n) is 1.97. The highest BCUT2D eigenvalue weighted by Gasteiger charge is 2.16. The molecule has 0 bridgehead atoms. The summed E-state index contributed by atoms with van der Waals surface area (Å²) in [7, 11) is 0. The summed E-state index contributed by atoms with van der Waals surface area (Å²) in [6.45, 7) is 3.99. The molecule has 1 amide bonds. The van der Waals surface area contributed by atoms with Crippen LogP contribution in [0.3, 0.4) is 0 Å². The van der Waals surface area contributed by atoms with Gasteiger partial charge in [-0.05, 0) is 50.6 Å². The van der Waals surface area contributed by atoms with Gasteiger partial charge in [-0.3, -0.25) is 4.79 Å². The van der Waals surface area contributed by atoms with E-state index in [4.69, 9.17) is 0 Å².